The minimum Gasteiger partial charge on any atom is -0.299 e. The first-order valence-electron chi connectivity index (χ1n) is 8.08. The van der Waals surface area contributed by atoms with Gasteiger partial charge in [-0.2, -0.15) is 5.10 Å². The molecule has 120 valence electrons. The molecular weight excluding hydrogens is 364 g/mol. The van der Waals surface area contributed by atoms with E-state index in [0.717, 1.165) is 27.9 Å². The molecule has 0 unspecified atom stereocenters. The number of fused-ring (bicyclic) bond motifs is 1. The maximum absolute atomic E-state index is 12.7. The first-order valence-corrected chi connectivity index (χ1v) is 8.88. The summed E-state index contributed by atoms with van der Waals surface area (Å²) in [5, 5.41) is 4.52. The zero-order chi connectivity index (χ0) is 16.5. The van der Waals surface area contributed by atoms with Crippen molar-refractivity contribution >= 4 is 33.1 Å². The van der Waals surface area contributed by atoms with Crippen LogP contribution in [-0.2, 0) is 4.79 Å². The molecule has 1 fully saturated rings. The van der Waals surface area contributed by atoms with Crippen LogP contribution < -0.4 is 5.43 Å². The van der Waals surface area contributed by atoms with Gasteiger partial charge in [-0.25, -0.2) is 0 Å². The normalized spacial score (nSPS) is 23.0. The van der Waals surface area contributed by atoms with Crippen molar-refractivity contribution in [2.75, 3.05) is 0 Å². The van der Waals surface area contributed by atoms with E-state index in [1.54, 1.807) is 0 Å². The Hall–Kier alpha value is -2.20. The number of carbonyl (C=O) groups excluding carboxylic acids is 1. The Labute approximate surface area is 149 Å². The van der Waals surface area contributed by atoms with Crippen LogP contribution in [0.15, 0.2) is 70.2 Å². The van der Waals surface area contributed by atoms with Crippen LogP contribution in [0.2, 0.25) is 0 Å². The number of nitrogens with zero attached hydrogens (tertiary/aromatic N) is 1. The predicted molar refractivity (Wildman–Crippen MR) is 99.6 cm³/mol. The molecule has 0 bridgehead atoms. The molecule has 24 heavy (non-hydrogen) atoms. The second kappa shape index (κ2) is 6.36. The lowest BCUT2D eigenvalue weighted by Gasteiger charge is -2.30. The lowest BCUT2D eigenvalue weighted by molar-refractivity contribution is -0.120. The molecule has 2 aliphatic rings. The van der Waals surface area contributed by atoms with E-state index in [1.165, 1.54) is 5.56 Å². The van der Waals surface area contributed by atoms with Crippen molar-refractivity contribution in [2.45, 2.75) is 18.8 Å². The number of nitrogens with one attached hydrogen (secondary N) is 1. The third kappa shape index (κ3) is 2.94. The quantitative estimate of drug-likeness (QED) is 0.832. The average molecular weight is 381 g/mol. The van der Waals surface area contributed by atoms with Crippen molar-refractivity contribution in [1.82, 2.24) is 5.43 Å². The Morgan fingerprint density at radius 3 is 2.50 bits per heavy atom. The summed E-state index contributed by atoms with van der Waals surface area (Å²) in [6.45, 7) is 0. The molecule has 4 heteroatoms. The highest BCUT2D eigenvalue weighted by atomic mass is 79.9. The molecule has 1 aliphatic carbocycles. The van der Waals surface area contributed by atoms with E-state index in [2.05, 4.69) is 38.6 Å². The molecule has 1 heterocycles. The standard InChI is InChI=1S/C20H17BrN2O/c21-16-8-6-14(7-9-16)18-12-17-19(23-22-18)10-15(11-20(17)24)13-4-2-1-3-5-13/h1-9,12,15,17,22H,10-11H2/t15-,17-/m1/s1. The highest BCUT2D eigenvalue weighted by Crippen LogP contribution is 2.35. The largest absolute Gasteiger partial charge is 0.299 e. The summed E-state index contributed by atoms with van der Waals surface area (Å²) in [5.74, 6) is 0.299. The average Bonchev–Trinajstić information content (AvgIpc) is 2.63. The molecule has 1 saturated carbocycles. The molecule has 0 spiro atoms. The third-order valence-corrected chi connectivity index (χ3v) is 5.22. The van der Waals surface area contributed by atoms with Crippen LogP contribution in [0.25, 0.3) is 5.70 Å². The van der Waals surface area contributed by atoms with Gasteiger partial charge in [-0.3, -0.25) is 10.2 Å². The molecule has 2 aromatic rings. The molecule has 2 aromatic carbocycles. The van der Waals surface area contributed by atoms with Crippen LogP contribution in [0.1, 0.15) is 29.9 Å². The van der Waals surface area contributed by atoms with E-state index in [9.17, 15) is 4.79 Å². The topological polar surface area (TPSA) is 41.5 Å². The molecule has 3 nitrogen and oxygen atoms in total. The van der Waals surface area contributed by atoms with E-state index >= 15 is 0 Å². The van der Waals surface area contributed by atoms with Crippen molar-refractivity contribution in [2.24, 2.45) is 11.0 Å². The number of ketones is 1. The van der Waals surface area contributed by atoms with Crippen LogP contribution in [-0.4, -0.2) is 11.5 Å². The Balaban J connectivity index is 1.58. The van der Waals surface area contributed by atoms with E-state index < -0.39 is 0 Å². The zero-order valence-corrected chi connectivity index (χ0v) is 14.7. The van der Waals surface area contributed by atoms with Crippen LogP contribution in [0.5, 0.6) is 0 Å². The van der Waals surface area contributed by atoms with Crippen molar-refractivity contribution < 1.29 is 4.79 Å². The van der Waals surface area contributed by atoms with Crippen LogP contribution in [0, 0.1) is 5.92 Å². The van der Waals surface area contributed by atoms with Gasteiger partial charge in [0.1, 0.15) is 5.78 Å². The van der Waals surface area contributed by atoms with Crippen molar-refractivity contribution in [1.29, 1.82) is 0 Å². The fourth-order valence-corrected chi connectivity index (χ4v) is 3.66. The number of allylic oxidation sites excluding steroid dienone is 1. The Bertz CT molecular complexity index is 824. The van der Waals surface area contributed by atoms with Crippen molar-refractivity contribution in [3.8, 4) is 0 Å². The van der Waals surface area contributed by atoms with Gasteiger partial charge in [0.2, 0.25) is 0 Å². The molecule has 0 saturated heterocycles. The molecule has 0 radical (unpaired) electrons. The molecule has 1 aliphatic heterocycles. The minimum atomic E-state index is -0.190. The van der Waals surface area contributed by atoms with Gasteiger partial charge in [0.15, 0.2) is 0 Å². The van der Waals surface area contributed by atoms with Crippen molar-refractivity contribution in [3.63, 3.8) is 0 Å². The van der Waals surface area contributed by atoms with Gasteiger partial charge in [0, 0.05) is 10.9 Å². The molecule has 0 amide bonds. The smallest absolute Gasteiger partial charge is 0.146 e. The number of rotatable bonds is 2. The van der Waals surface area contributed by atoms with Gasteiger partial charge in [-0.05, 0) is 41.7 Å². The van der Waals surface area contributed by atoms with Gasteiger partial charge in [0.25, 0.3) is 0 Å². The lowest BCUT2D eigenvalue weighted by Crippen LogP contribution is -2.35. The number of Topliss-reactive ketones (excluding diaryl/α,β-unsaturated/α-hetero) is 1. The minimum absolute atomic E-state index is 0.190. The maximum Gasteiger partial charge on any atom is 0.146 e. The summed E-state index contributed by atoms with van der Waals surface area (Å²) in [5.41, 5.74) is 7.24. The summed E-state index contributed by atoms with van der Waals surface area (Å²) in [6.07, 6.45) is 3.43. The van der Waals surface area contributed by atoms with E-state index in [0.29, 0.717) is 6.42 Å². The summed E-state index contributed by atoms with van der Waals surface area (Å²) in [4.78, 5) is 12.7. The summed E-state index contributed by atoms with van der Waals surface area (Å²) >= 11 is 3.44. The van der Waals surface area contributed by atoms with E-state index in [-0.39, 0.29) is 17.6 Å². The number of carbonyl (C=O) groups is 1. The second-order valence-electron chi connectivity index (χ2n) is 6.26. The fraction of sp³-hybridized carbons (Fsp3) is 0.200. The van der Waals surface area contributed by atoms with E-state index in [4.69, 9.17) is 0 Å². The van der Waals surface area contributed by atoms with Crippen LogP contribution >= 0.6 is 15.9 Å². The number of hydrogen-bond donors (Lipinski definition) is 1. The predicted octanol–water partition coefficient (Wildman–Crippen LogP) is 4.51. The first-order chi connectivity index (χ1) is 11.7. The monoisotopic (exact) mass is 380 g/mol. The molecule has 0 aromatic heterocycles. The first kappa shape index (κ1) is 15.3. The number of benzene rings is 2. The van der Waals surface area contributed by atoms with Gasteiger partial charge < -0.3 is 0 Å². The highest BCUT2D eigenvalue weighted by molar-refractivity contribution is 9.10. The second-order valence-corrected chi connectivity index (χ2v) is 7.18. The van der Waals surface area contributed by atoms with Gasteiger partial charge in [-0.15, -0.1) is 0 Å². The van der Waals surface area contributed by atoms with Crippen LogP contribution in [0.4, 0.5) is 0 Å². The molecule has 2 atom stereocenters. The van der Waals surface area contributed by atoms with E-state index in [1.807, 2.05) is 48.5 Å². The Kier molecular flexibility index (Phi) is 4.07. The van der Waals surface area contributed by atoms with Gasteiger partial charge in [-0.1, -0.05) is 58.4 Å². The fourth-order valence-electron chi connectivity index (χ4n) is 3.40. The SMILES string of the molecule is O=C1C[C@H](c2ccccc2)CC2=NNC(c3ccc(Br)cc3)=C[C@@H]12. The Morgan fingerprint density at radius 1 is 1.00 bits per heavy atom. The summed E-state index contributed by atoms with van der Waals surface area (Å²) < 4.78 is 1.03. The number of hydrogen-bond acceptors (Lipinski definition) is 3. The third-order valence-electron chi connectivity index (χ3n) is 4.69. The van der Waals surface area contributed by atoms with Crippen LogP contribution in [0.3, 0.4) is 0 Å². The lowest BCUT2D eigenvalue weighted by atomic mass is 9.75. The van der Waals surface area contributed by atoms with Gasteiger partial charge >= 0.3 is 0 Å². The zero-order valence-electron chi connectivity index (χ0n) is 13.1. The van der Waals surface area contributed by atoms with Crippen molar-refractivity contribution in [3.05, 3.63) is 76.3 Å². The number of hydrazone groups is 1. The molecular formula is C20H17BrN2O. The summed E-state index contributed by atoms with van der Waals surface area (Å²) in [6, 6.07) is 18.3. The Morgan fingerprint density at radius 2 is 1.75 bits per heavy atom. The molecule has 1 N–H and O–H groups in total. The highest BCUT2D eigenvalue weighted by Gasteiger charge is 2.35. The molecule has 4 rings (SSSR count). The summed E-state index contributed by atoms with van der Waals surface area (Å²) in [7, 11) is 0. The number of halogens is 1. The van der Waals surface area contributed by atoms with Gasteiger partial charge in [0.05, 0.1) is 17.3 Å². The maximum atomic E-state index is 12.7.